The molecule has 0 spiro atoms. The van der Waals surface area contributed by atoms with Crippen LogP contribution in [0.1, 0.15) is 36.2 Å². The number of nitrogens with zero attached hydrogens (tertiary/aromatic N) is 1. The molecule has 27 heavy (non-hydrogen) atoms. The van der Waals surface area contributed by atoms with E-state index in [-0.39, 0.29) is 22.4 Å². The molecule has 0 bridgehead atoms. The van der Waals surface area contributed by atoms with E-state index >= 15 is 0 Å². The van der Waals surface area contributed by atoms with Crippen molar-refractivity contribution in [2.75, 3.05) is 18.0 Å². The Morgan fingerprint density at radius 2 is 1.93 bits per heavy atom. The first-order chi connectivity index (χ1) is 12.8. The smallest absolute Gasteiger partial charge is 0.264 e. The molecular formula is C20H24N2O4S. The van der Waals surface area contributed by atoms with Crippen LogP contribution in [-0.2, 0) is 16.4 Å². The number of nitrogens with one attached hydrogen (secondary N) is 1. The van der Waals surface area contributed by atoms with E-state index in [0.717, 1.165) is 18.4 Å². The molecule has 0 unspecified atom stereocenters. The summed E-state index contributed by atoms with van der Waals surface area (Å²) in [4.78, 5) is 12.6. The summed E-state index contributed by atoms with van der Waals surface area (Å²) in [5.41, 5.74) is 1.92. The number of hydrogen-bond donors (Lipinski definition) is 1. The lowest BCUT2D eigenvalue weighted by atomic mass is 10.0. The quantitative estimate of drug-likeness (QED) is 0.854. The maximum Gasteiger partial charge on any atom is 0.264 e. The first kappa shape index (κ1) is 19.2. The van der Waals surface area contributed by atoms with Crippen molar-refractivity contribution < 1.29 is 17.9 Å². The largest absolute Gasteiger partial charge is 0.496 e. The lowest BCUT2D eigenvalue weighted by molar-refractivity contribution is 0.0940. The molecule has 0 atom stereocenters. The Morgan fingerprint density at radius 1 is 1.19 bits per heavy atom. The van der Waals surface area contributed by atoms with Crippen LogP contribution in [0.5, 0.6) is 5.75 Å². The van der Waals surface area contributed by atoms with Crippen LogP contribution in [0.15, 0.2) is 47.4 Å². The zero-order chi connectivity index (χ0) is 19.6. The first-order valence-electron chi connectivity index (χ1n) is 8.94. The van der Waals surface area contributed by atoms with Gasteiger partial charge < -0.3 is 10.1 Å². The van der Waals surface area contributed by atoms with E-state index in [1.165, 1.54) is 29.6 Å². The second-order valence-corrected chi connectivity index (χ2v) is 8.66. The average molecular weight is 388 g/mol. The van der Waals surface area contributed by atoms with Crippen molar-refractivity contribution in [3.05, 3.63) is 53.6 Å². The van der Waals surface area contributed by atoms with E-state index in [2.05, 4.69) is 5.32 Å². The fourth-order valence-corrected chi connectivity index (χ4v) is 4.81. The number of methoxy groups -OCH3 is 1. The molecule has 2 aromatic rings. The molecule has 0 aliphatic carbocycles. The molecule has 1 aliphatic heterocycles. The van der Waals surface area contributed by atoms with E-state index in [9.17, 15) is 13.2 Å². The highest BCUT2D eigenvalue weighted by atomic mass is 32.2. The van der Waals surface area contributed by atoms with Crippen molar-refractivity contribution in [2.45, 2.75) is 37.6 Å². The Bertz CT molecular complexity index is 954. The van der Waals surface area contributed by atoms with Crippen LogP contribution >= 0.6 is 0 Å². The number of para-hydroxylation sites is 1. The van der Waals surface area contributed by atoms with E-state index in [4.69, 9.17) is 4.74 Å². The van der Waals surface area contributed by atoms with Crippen molar-refractivity contribution in [1.82, 2.24) is 5.32 Å². The number of anilines is 1. The molecule has 144 valence electrons. The molecule has 3 rings (SSSR count). The molecule has 1 N–H and O–H groups in total. The summed E-state index contributed by atoms with van der Waals surface area (Å²) in [5.74, 6) is -0.0240. The minimum Gasteiger partial charge on any atom is -0.496 e. The molecule has 0 radical (unpaired) electrons. The van der Waals surface area contributed by atoms with Gasteiger partial charge in [-0.05, 0) is 56.5 Å². The third-order valence-corrected chi connectivity index (χ3v) is 6.30. The van der Waals surface area contributed by atoms with E-state index in [1.54, 1.807) is 0 Å². The van der Waals surface area contributed by atoms with Gasteiger partial charge in [-0.3, -0.25) is 9.10 Å². The van der Waals surface area contributed by atoms with Crippen LogP contribution in [-0.4, -0.2) is 34.0 Å². The molecule has 1 amide bonds. The Balaban J connectivity index is 2.04. The van der Waals surface area contributed by atoms with E-state index in [0.29, 0.717) is 18.0 Å². The average Bonchev–Trinajstić information content (AvgIpc) is 2.66. The molecule has 0 aromatic heterocycles. The highest BCUT2D eigenvalue weighted by Gasteiger charge is 2.30. The standard InChI is InChI=1S/C20H24N2O4S/c1-14(2)21-20(23)17-13-16(10-11-19(17)26-3)27(24,25)22-12-6-8-15-7-4-5-9-18(15)22/h4-5,7,9-11,13-14H,6,8,12H2,1-3H3,(H,21,23). The van der Waals surface area contributed by atoms with Gasteiger partial charge in [-0.2, -0.15) is 0 Å². The highest BCUT2D eigenvalue weighted by Crippen LogP contribution is 2.33. The van der Waals surface area contributed by atoms with Crippen LogP contribution in [0.4, 0.5) is 5.69 Å². The van der Waals surface area contributed by atoms with Crippen LogP contribution in [0.2, 0.25) is 0 Å². The number of carbonyl (C=O) groups is 1. The maximum absolute atomic E-state index is 13.3. The van der Waals surface area contributed by atoms with Crippen molar-refractivity contribution in [3.63, 3.8) is 0 Å². The fraction of sp³-hybridized carbons (Fsp3) is 0.350. The predicted octanol–water partition coefficient (Wildman–Crippen LogP) is 2.97. The van der Waals surface area contributed by atoms with Crippen molar-refractivity contribution in [3.8, 4) is 5.75 Å². The van der Waals surface area contributed by atoms with Gasteiger partial charge in [0.15, 0.2) is 0 Å². The molecule has 0 fully saturated rings. The number of hydrogen-bond acceptors (Lipinski definition) is 4. The zero-order valence-corrected chi connectivity index (χ0v) is 16.5. The highest BCUT2D eigenvalue weighted by molar-refractivity contribution is 7.92. The van der Waals surface area contributed by atoms with E-state index < -0.39 is 10.0 Å². The van der Waals surface area contributed by atoms with Gasteiger partial charge in [-0.1, -0.05) is 18.2 Å². The Kier molecular flexibility index (Phi) is 5.41. The monoisotopic (exact) mass is 388 g/mol. The molecule has 1 aliphatic rings. The van der Waals surface area contributed by atoms with Crippen molar-refractivity contribution in [1.29, 1.82) is 0 Å². The third kappa shape index (κ3) is 3.78. The van der Waals surface area contributed by atoms with Crippen molar-refractivity contribution in [2.24, 2.45) is 0 Å². The molecular weight excluding hydrogens is 364 g/mol. The number of carbonyl (C=O) groups excluding carboxylic acids is 1. The lowest BCUT2D eigenvalue weighted by Gasteiger charge is -2.30. The third-order valence-electron chi connectivity index (χ3n) is 4.49. The zero-order valence-electron chi connectivity index (χ0n) is 15.7. The van der Waals surface area contributed by atoms with Gasteiger partial charge in [0, 0.05) is 12.6 Å². The number of benzene rings is 2. The molecule has 2 aromatic carbocycles. The summed E-state index contributed by atoms with van der Waals surface area (Å²) in [5, 5.41) is 2.78. The normalized spacial score (nSPS) is 14.0. The van der Waals surface area contributed by atoms with Gasteiger partial charge in [0.2, 0.25) is 0 Å². The number of fused-ring (bicyclic) bond motifs is 1. The molecule has 1 heterocycles. The minimum absolute atomic E-state index is 0.0727. The molecule has 6 nitrogen and oxygen atoms in total. The Labute approximate surface area is 160 Å². The number of amides is 1. The molecule has 0 saturated heterocycles. The second-order valence-electron chi connectivity index (χ2n) is 6.80. The summed E-state index contributed by atoms with van der Waals surface area (Å²) in [6.07, 6.45) is 1.61. The first-order valence-corrected chi connectivity index (χ1v) is 10.4. The van der Waals surface area contributed by atoms with E-state index in [1.807, 2.05) is 38.1 Å². The Morgan fingerprint density at radius 3 is 2.63 bits per heavy atom. The number of sulfonamides is 1. The summed E-state index contributed by atoms with van der Waals surface area (Å²) >= 11 is 0. The topological polar surface area (TPSA) is 75.7 Å². The van der Waals surface area contributed by atoms with Gasteiger partial charge in [-0.25, -0.2) is 8.42 Å². The molecule has 0 saturated carbocycles. The van der Waals surface area contributed by atoms with Crippen LogP contribution < -0.4 is 14.4 Å². The Hall–Kier alpha value is -2.54. The summed E-state index contributed by atoms with van der Waals surface area (Å²) in [6, 6.07) is 11.8. The molecule has 7 heteroatoms. The van der Waals surface area contributed by atoms with Gasteiger partial charge in [0.1, 0.15) is 5.75 Å². The number of ether oxygens (including phenoxy) is 1. The number of aryl methyl sites for hydroxylation is 1. The summed E-state index contributed by atoms with van der Waals surface area (Å²) in [7, 11) is -2.33. The second kappa shape index (κ2) is 7.60. The summed E-state index contributed by atoms with van der Waals surface area (Å²) in [6.45, 7) is 4.10. The van der Waals surface area contributed by atoms with Gasteiger partial charge in [0.25, 0.3) is 15.9 Å². The van der Waals surface area contributed by atoms with Crippen molar-refractivity contribution >= 4 is 21.6 Å². The van der Waals surface area contributed by atoms with Crippen LogP contribution in [0.25, 0.3) is 0 Å². The summed E-state index contributed by atoms with van der Waals surface area (Å²) < 4.78 is 33.3. The fourth-order valence-electron chi connectivity index (χ4n) is 3.24. The number of rotatable bonds is 5. The van der Waals surface area contributed by atoms with Crippen LogP contribution in [0, 0.1) is 0 Å². The van der Waals surface area contributed by atoms with Gasteiger partial charge in [0.05, 0.1) is 23.3 Å². The van der Waals surface area contributed by atoms with Crippen LogP contribution in [0.3, 0.4) is 0 Å². The van der Waals surface area contributed by atoms with Gasteiger partial charge >= 0.3 is 0 Å². The lowest BCUT2D eigenvalue weighted by Crippen LogP contribution is -2.36. The minimum atomic E-state index is -3.79. The van der Waals surface area contributed by atoms with Gasteiger partial charge in [-0.15, -0.1) is 0 Å². The maximum atomic E-state index is 13.3. The predicted molar refractivity (Wildman–Crippen MR) is 105 cm³/mol. The SMILES string of the molecule is COc1ccc(S(=O)(=O)N2CCCc3ccccc32)cc1C(=O)NC(C)C.